The van der Waals surface area contributed by atoms with Gasteiger partial charge in [0.2, 0.25) is 5.91 Å². The molecule has 1 atom stereocenters. The average Bonchev–Trinajstić information content (AvgIpc) is 2.80. The summed E-state index contributed by atoms with van der Waals surface area (Å²) < 4.78 is 0. The van der Waals surface area contributed by atoms with Crippen molar-refractivity contribution < 1.29 is 4.79 Å². The standard InChI is InChI=1S/C15H22N2O/c1-12-6-3-4-7-13(12)8-11-16-14(18)15(2)9-5-10-17-15/h3-4,6-7,17H,5,8-11H2,1-2H3,(H,16,18). The number of amides is 1. The first kappa shape index (κ1) is 13.1. The summed E-state index contributed by atoms with van der Waals surface area (Å²) >= 11 is 0. The van der Waals surface area contributed by atoms with Crippen molar-refractivity contribution in [1.82, 2.24) is 10.6 Å². The fourth-order valence-corrected chi connectivity index (χ4v) is 2.48. The second-order valence-electron chi connectivity index (χ2n) is 5.29. The molecule has 0 saturated carbocycles. The Hall–Kier alpha value is -1.35. The van der Waals surface area contributed by atoms with Gasteiger partial charge in [-0.2, -0.15) is 0 Å². The highest BCUT2D eigenvalue weighted by molar-refractivity contribution is 5.86. The topological polar surface area (TPSA) is 41.1 Å². The smallest absolute Gasteiger partial charge is 0.240 e. The molecule has 1 aliphatic rings. The summed E-state index contributed by atoms with van der Waals surface area (Å²) in [6, 6.07) is 8.32. The van der Waals surface area contributed by atoms with Gasteiger partial charge in [-0.25, -0.2) is 0 Å². The summed E-state index contributed by atoms with van der Waals surface area (Å²) in [5.41, 5.74) is 2.24. The fraction of sp³-hybridized carbons (Fsp3) is 0.533. The number of nitrogens with one attached hydrogen (secondary N) is 2. The van der Waals surface area contributed by atoms with Crippen LogP contribution in [0.1, 0.15) is 30.9 Å². The predicted octanol–water partition coefficient (Wildman–Crippen LogP) is 1.80. The van der Waals surface area contributed by atoms with Crippen molar-refractivity contribution in [2.75, 3.05) is 13.1 Å². The van der Waals surface area contributed by atoms with Crippen LogP contribution in [0.4, 0.5) is 0 Å². The Kier molecular flexibility index (Phi) is 4.02. The lowest BCUT2D eigenvalue weighted by atomic mass is 9.99. The van der Waals surface area contributed by atoms with E-state index in [0.717, 1.165) is 25.8 Å². The van der Waals surface area contributed by atoms with E-state index in [0.29, 0.717) is 6.54 Å². The minimum Gasteiger partial charge on any atom is -0.354 e. The van der Waals surface area contributed by atoms with Crippen LogP contribution in [0.5, 0.6) is 0 Å². The zero-order valence-corrected chi connectivity index (χ0v) is 11.3. The Labute approximate surface area is 109 Å². The molecule has 1 heterocycles. The maximum absolute atomic E-state index is 12.1. The molecule has 0 spiro atoms. The molecule has 1 fully saturated rings. The van der Waals surface area contributed by atoms with Crippen molar-refractivity contribution in [3.63, 3.8) is 0 Å². The van der Waals surface area contributed by atoms with E-state index in [1.807, 2.05) is 19.1 Å². The maximum Gasteiger partial charge on any atom is 0.240 e. The highest BCUT2D eigenvalue weighted by Gasteiger charge is 2.35. The zero-order valence-electron chi connectivity index (χ0n) is 11.3. The van der Waals surface area contributed by atoms with E-state index in [2.05, 4.69) is 29.7 Å². The molecule has 1 aromatic carbocycles. The van der Waals surface area contributed by atoms with Gasteiger partial charge in [0, 0.05) is 6.54 Å². The Balaban J connectivity index is 1.82. The molecule has 1 saturated heterocycles. The van der Waals surface area contributed by atoms with Crippen LogP contribution in [0.3, 0.4) is 0 Å². The first-order valence-electron chi connectivity index (χ1n) is 6.70. The lowest BCUT2D eigenvalue weighted by Crippen LogP contribution is -2.51. The number of hydrogen-bond acceptors (Lipinski definition) is 2. The predicted molar refractivity (Wildman–Crippen MR) is 73.5 cm³/mol. The Bertz CT molecular complexity index is 422. The van der Waals surface area contributed by atoms with Crippen molar-refractivity contribution in [2.24, 2.45) is 0 Å². The van der Waals surface area contributed by atoms with Gasteiger partial charge in [0.25, 0.3) is 0 Å². The van der Waals surface area contributed by atoms with E-state index >= 15 is 0 Å². The van der Waals surface area contributed by atoms with Gasteiger partial charge >= 0.3 is 0 Å². The third kappa shape index (κ3) is 2.91. The van der Waals surface area contributed by atoms with Gasteiger partial charge in [0.1, 0.15) is 0 Å². The first-order valence-corrected chi connectivity index (χ1v) is 6.70. The van der Waals surface area contributed by atoms with Crippen molar-refractivity contribution in [3.05, 3.63) is 35.4 Å². The molecule has 1 aliphatic heterocycles. The monoisotopic (exact) mass is 246 g/mol. The zero-order chi connectivity index (χ0) is 13.0. The molecule has 2 rings (SSSR count). The first-order chi connectivity index (χ1) is 8.62. The van der Waals surface area contributed by atoms with Crippen LogP contribution in [0.25, 0.3) is 0 Å². The van der Waals surface area contributed by atoms with Crippen LogP contribution < -0.4 is 10.6 Å². The van der Waals surface area contributed by atoms with Crippen LogP contribution in [-0.2, 0) is 11.2 Å². The van der Waals surface area contributed by atoms with Crippen LogP contribution >= 0.6 is 0 Å². The molecule has 1 aromatic rings. The lowest BCUT2D eigenvalue weighted by molar-refractivity contribution is -0.126. The van der Waals surface area contributed by atoms with Crippen molar-refractivity contribution in [1.29, 1.82) is 0 Å². The normalized spacial score (nSPS) is 23.0. The molecule has 3 heteroatoms. The summed E-state index contributed by atoms with van der Waals surface area (Å²) in [6.45, 7) is 5.75. The van der Waals surface area contributed by atoms with E-state index in [4.69, 9.17) is 0 Å². The second kappa shape index (κ2) is 5.53. The molecule has 18 heavy (non-hydrogen) atoms. The number of hydrogen-bond donors (Lipinski definition) is 2. The van der Waals surface area contributed by atoms with Gasteiger partial charge in [0.15, 0.2) is 0 Å². The van der Waals surface area contributed by atoms with Gasteiger partial charge in [0.05, 0.1) is 5.54 Å². The maximum atomic E-state index is 12.1. The SMILES string of the molecule is Cc1ccccc1CCNC(=O)C1(C)CCCN1. The Morgan fingerprint density at radius 1 is 1.44 bits per heavy atom. The molecule has 1 amide bonds. The second-order valence-corrected chi connectivity index (χ2v) is 5.29. The molecular weight excluding hydrogens is 224 g/mol. The van der Waals surface area contributed by atoms with Crippen molar-refractivity contribution >= 4 is 5.91 Å². The van der Waals surface area contributed by atoms with E-state index in [1.165, 1.54) is 11.1 Å². The van der Waals surface area contributed by atoms with Gasteiger partial charge in [-0.3, -0.25) is 4.79 Å². The third-order valence-corrected chi connectivity index (χ3v) is 3.81. The van der Waals surface area contributed by atoms with Crippen LogP contribution in [0.2, 0.25) is 0 Å². The number of rotatable bonds is 4. The number of aryl methyl sites for hydroxylation is 1. The highest BCUT2D eigenvalue weighted by Crippen LogP contribution is 2.18. The third-order valence-electron chi connectivity index (χ3n) is 3.81. The molecule has 0 aromatic heterocycles. The van der Waals surface area contributed by atoms with Crippen LogP contribution in [0, 0.1) is 6.92 Å². The van der Waals surface area contributed by atoms with Gasteiger partial charge in [-0.1, -0.05) is 24.3 Å². The van der Waals surface area contributed by atoms with E-state index in [1.54, 1.807) is 0 Å². The molecule has 0 bridgehead atoms. The lowest BCUT2D eigenvalue weighted by Gasteiger charge is -2.23. The molecule has 1 unspecified atom stereocenters. The number of carbonyl (C=O) groups is 1. The van der Waals surface area contributed by atoms with Crippen LogP contribution in [-0.4, -0.2) is 24.5 Å². The van der Waals surface area contributed by atoms with E-state index in [-0.39, 0.29) is 11.4 Å². The Morgan fingerprint density at radius 2 is 2.22 bits per heavy atom. The minimum absolute atomic E-state index is 0.133. The molecule has 0 radical (unpaired) electrons. The number of benzene rings is 1. The van der Waals surface area contributed by atoms with Gasteiger partial charge in [-0.15, -0.1) is 0 Å². The van der Waals surface area contributed by atoms with Crippen molar-refractivity contribution in [3.8, 4) is 0 Å². The largest absolute Gasteiger partial charge is 0.354 e. The molecule has 2 N–H and O–H groups in total. The minimum atomic E-state index is -0.355. The average molecular weight is 246 g/mol. The van der Waals surface area contributed by atoms with Crippen LogP contribution in [0.15, 0.2) is 24.3 Å². The fourth-order valence-electron chi connectivity index (χ4n) is 2.48. The summed E-state index contributed by atoms with van der Waals surface area (Å²) in [4.78, 5) is 12.1. The summed E-state index contributed by atoms with van der Waals surface area (Å²) in [5, 5.41) is 6.32. The Morgan fingerprint density at radius 3 is 2.89 bits per heavy atom. The summed E-state index contributed by atoms with van der Waals surface area (Å²) in [5.74, 6) is 0.133. The molecule has 0 aliphatic carbocycles. The number of carbonyl (C=O) groups excluding carboxylic acids is 1. The van der Waals surface area contributed by atoms with Gasteiger partial charge in [-0.05, 0) is 50.8 Å². The quantitative estimate of drug-likeness (QED) is 0.850. The highest BCUT2D eigenvalue weighted by atomic mass is 16.2. The summed E-state index contributed by atoms with van der Waals surface area (Å²) in [6.07, 6.45) is 2.92. The van der Waals surface area contributed by atoms with Gasteiger partial charge < -0.3 is 10.6 Å². The van der Waals surface area contributed by atoms with E-state index < -0.39 is 0 Å². The molecule has 98 valence electrons. The van der Waals surface area contributed by atoms with Crippen molar-refractivity contribution in [2.45, 2.75) is 38.6 Å². The van der Waals surface area contributed by atoms with E-state index in [9.17, 15) is 4.79 Å². The summed E-state index contributed by atoms with van der Waals surface area (Å²) in [7, 11) is 0. The molecular formula is C15H22N2O. The molecule has 3 nitrogen and oxygen atoms in total.